The van der Waals surface area contributed by atoms with Crippen LogP contribution >= 0.6 is 0 Å². The summed E-state index contributed by atoms with van der Waals surface area (Å²) in [4.78, 5) is 34.4. The van der Waals surface area contributed by atoms with Crippen LogP contribution in [0.4, 0.5) is 0 Å². The van der Waals surface area contributed by atoms with Gasteiger partial charge < -0.3 is 14.2 Å². The van der Waals surface area contributed by atoms with E-state index in [1.165, 1.54) is 14.2 Å². The van der Waals surface area contributed by atoms with E-state index < -0.39 is 17.4 Å². The number of hydrogen-bond donors (Lipinski definition) is 0. The number of hydrogen-bond acceptors (Lipinski definition) is 6. The molecule has 0 unspecified atom stereocenters. The smallest absolute Gasteiger partial charge is 0.323 e. The lowest BCUT2D eigenvalue weighted by atomic mass is 9.85. The van der Waals surface area contributed by atoms with E-state index in [1.54, 1.807) is 0 Å². The van der Waals surface area contributed by atoms with Crippen LogP contribution in [0.3, 0.4) is 0 Å². The van der Waals surface area contributed by atoms with Crippen molar-refractivity contribution in [3.05, 3.63) is 0 Å². The van der Waals surface area contributed by atoms with E-state index in [-0.39, 0.29) is 30.8 Å². The minimum absolute atomic E-state index is 0.121. The fourth-order valence-electron chi connectivity index (χ4n) is 2.41. The van der Waals surface area contributed by atoms with Crippen LogP contribution in [-0.2, 0) is 28.6 Å². The first kappa shape index (κ1) is 10.9. The van der Waals surface area contributed by atoms with Crippen molar-refractivity contribution >= 4 is 17.9 Å². The Balaban J connectivity index is 2.27. The normalized spacial score (nSPS) is 29.8. The molecule has 0 radical (unpaired) electrons. The Morgan fingerprint density at radius 1 is 1.25 bits per heavy atom. The fraction of sp³-hybridized carbons (Fsp3) is 0.700. The second-order valence-electron chi connectivity index (χ2n) is 4.06. The lowest BCUT2D eigenvalue weighted by molar-refractivity contribution is -0.180. The molecule has 6 heteroatoms. The lowest BCUT2D eigenvalue weighted by Gasteiger charge is -2.28. The van der Waals surface area contributed by atoms with Gasteiger partial charge in [0.2, 0.25) is 0 Å². The van der Waals surface area contributed by atoms with E-state index in [1.807, 2.05) is 0 Å². The number of fused-ring (bicyclic) bond motifs is 1. The summed E-state index contributed by atoms with van der Waals surface area (Å²) >= 11 is 0. The summed E-state index contributed by atoms with van der Waals surface area (Å²) < 4.78 is 14.1. The van der Waals surface area contributed by atoms with Crippen molar-refractivity contribution in [3.63, 3.8) is 0 Å². The number of carbonyl (C=O) groups excluding carboxylic acids is 3. The summed E-state index contributed by atoms with van der Waals surface area (Å²) in [5.74, 6) is -2.06. The third kappa shape index (κ3) is 1.22. The molecule has 2 fully saturated rings. The third-order valence-corrected chi connectivity index (χ3v) is 3.29. The molecule has 0 bridgehead atoms. The molecule has 1 saturated carbocycles. The van der Waals surface area contributed by atoms with Crippen molar-refractivity contribution in [3.8, 4) is 0 Å². The summed E-state index contributed by atoms with van der Waals surface area (Å²) in [6.45, 7) is 0. The number of carbonyl (C=O) groups is 3. The first-order valence-electron chi connectivity index (χ1n) is 4.92. The average Bonchev–Trinajstić information content (AvgIpc) is 2.61. The van der Waals surface area contributed by atoms with Gasteiger partial charge in [-0.2, -0.15) is 0 Å². The maximum absolute atomic E-state index is 11.7. The zero-order valence-corrected chi connectivity index (χ0v) is 9.02. The molecule has 2 atom stereocenters. The van der Waals surface area contributed by atoms with Gasteiger partial charge in [0, 0.05) is 6.42 Å². The van der Waals surface area contributed by atoms with Gasteiger partial charge in [-0.1, -0.05) is 0 Å². The summed E-state index contributed by atoms with van der Waals surface area (Å²) in [7, 11) is 2.41. The van der Waals surface area contributed by atoms with Crippen LogP contribution < -0.4 is 0 Å². The molecule has 88 valence electrons. The Morgan fingerprint density at radius 2 is 1.81 bits per heavy atom. The average molecular weight is 228 g/mol. The van der Waals surface area contributed by atoms with Gasteiger partial charge in [0.1, 0.15) is 6.10 Å². The van der Waals surface area contributed by atoms with Gasteiger partial charge >= 0.3 is 17.9 Å². The van der Waals surface area contributed by atoms with E-state index in [0.29, 0.717) is 0 Å². The highest BCUT2D eigenvalue weighted by Gasteiger charge is 2.64. The van der Waals surface area contributed by atoms with Crippen LogP contribution in [0, 0.1) is 11.3 Å². The molecule has 1 aliphatic heterocycles. The first-order valence-corrected chi connectivity index (χ1v) is 4.92. The minimum Gasteiger partial charge on any atom is -0.468 e. The number of rotatable bonds is 2. The molecule has 0 spiro atoms. The second kappa shape index (κ2) is 3.47. The Kier molecular flexibility index (Phi) is 2.36. The Bertz CT molecular complexity index is 344. The Hall–Kier alpha value is -1.59. The minimum atomic E-state index is -1.37. The summed E-state index contributed by atoms with van der Waals surface area (Å²) in [5.41, 5.74) is -1.37. The van der Waals surface area contributed by atoms with E-state index in [0.717, 1.165) is 0 Å². The zero-order valence-electron chi connectivity index (χ0n) is 9.02. The van der Waals surface area contributed by atoms with Crippen LogP contribution in [0.15, 0.2) is 0 Å². The van der Waals surface area contributed by atoms with E-state index in [4.69, 9.17) is 4.74 Å². The van der Waals surface area contributed by atoms with Crippen LogP contribution in [0.1, 0.15) is 12.8 Å². The molecule has 6 nitrogen and oxygen atoms in total. The fourth-order valence-corrected chi connectivity index (χ4v) is 2.41. The maximum Gasteiger partial charge on any atom is 0.323 e. The monoisotopic (exact) mass is 228 g/mol. The van der Waals surface area contributed by atoms with E-state index in [2.05, 4.69) is 9.47 Å². The molecule has 1 heterocycles. The predicted molar refractivity (Wildman–Crippen MR) is 49.1 cm³/mol. The van der Waals surface area contributed by atoms with Crippen molar-refractivity contribution in [2.24, 2.45) is 11.3 Å². The molecular weight excluding hydrogens is 216 g/mol. The molecule has 2 rings (SSSR count). The molecular formula is C10H12O6. The molecule has 0 N–H and O–H groups in total. The van der Waals surface area contributed by atoms with Crippen LogP contribution in [0.2, 0.25) is 0 Å². The van der Waals surface area contributed by atoms with Crippen molar-refractivity contribution in [2.75, 3.05) is 14.2 Å². The highest BCUT2D eigenvalue weighted by atomic mass is 16.6. The van der Waals surface area contributed by atoms with Gasteiger partial charge in [-0.3, -0.25) is 14.4 Å². The van der Waals surface area contributed by atoms with Crippen LogP contribution in [0.25, 0.3) is 0 Å². The SMILES string of the molecule is COC(=O)C1(C(=O)OC)C[C@@H]2OC(=O)[C@@H]2C1. The van der Waals surface area contributed by atoms with Gasteiger partial charge in [0.05, 0.1) is 20.1 Å². The molecule has 0 aromatic heterocycles. The first-order chi connectivity index (χ1) is 7.55. The summed E-state index contributed by atoms with van der Waals surface area (Å²) in [6.07, 6.45) is -0.0794. The van der Waals surface area contributed by atoms with Crippen LogP contribution in [0.5, 0.6) is 0 Å². The second-order valence-corrected chi connectivity index (χ2v) is 4.06. The van der Waals surface area contributed by atoms with Gasteiger partial charge in [0.15, 0.2) is 5.41 Å². The third-order valence-electron chi connectivity index (χ3n) is 3.29. The summed E-state index contributed by atoms with van der Waals surface area (Å²) in [5, 5.41) is 0. The lowest BCUT2D eigenvalue weighted by Crippen LogP contribution is -2.40. The highest BCUT2D eigenvalue weighted by molar-refractivity contribution is 6.02. The number of esters is 3. The molecule has 0 amide bonds. The zero-order chi connectivity index (χ0) is 11.9. The predicted octanol–water partition coefficient (Wildman–Crippen LogP) is -0.346. The quantitative estimate of drug-likeness (QED) is 0.365. The maximum atomic E-state index is 11.7. The molecule has 1 saturated heterocycles. The summed E-state index contributed by atoms with van der Waals surface area (Å²) in [6, 6.07) is 0. The topological polar surface area (TPSA) is 78.9 Å². The number of ether oxygens (including phenoxy) is 3. The molecule has 0 aromatic carbocycles. The largest absolute Gasteiger partial charge is 0.468 e. The van der Waals surface area contributed by atoms with Crippen molar-refractivity contribution in [1.29, 1.82) is 0 Å². The van der Waals surface area contributed by atoms with Crippen molar-refractivity contribution < 1.29 is 28.6 Å². The van der Waals surface area contributed by atoms with Gasteiger partial charge in [-0.25, -0.2) is 0 Å². The van der Waals surface area contributed by atoms with Gasteiger partial charge in [-0.15, -0.1) is 0 Å². The van der Waals surface area contributed by atoms with Crippen molar-refractivity contribution in [2.45, 2.75) is 18.9 Å². The number of methoxy groups -OCH3 is 2. The van der Waals surface area contributed by atoms with E-state index >= 15 is 0 Å². The van der Waals surface area contributed by atoms with Gasteiger partial charge in [-0.05, 0) is 6.42 Å². The van der Waals surface area contributed by atoms with Crippen molar-refractivity contribution in [1.82, 2.24) is 0 Å². The standard InChI is InChI=1S/C10H12O6/c1-14-8(12)10(9(13)15-2)3-5-6(4-10)16-7(5)11/h5-6H,3-4H2,1-2H3/t5-,6+/m1/s1. The van der Waals surface area contributed by atoms with E-state index in [9.17, 15) is 14.4 Å². The molecule has 16 heavy (non-hydrogen) atoms. The Labute approximate surface area is 91.8 Å². The highest BCUT2D eigenvalue weighted by Crippen LogP contribution is 2.50. The van der Waals surface area contributed by atoms with Gasteiger partial charge in [0.25, 0.3) is 0 Å². The van der Waals surface area contributed by atoms with Crippen LogP contribution in [-0.4, -0.2) is 38.2 Å². The Morgan fingerprint density at radius 3 is 2.19 bits per heavy atom. The molecule has 0 aromatic rings. The molecule has 2 aliphatic rings. The molecule has 1 aliphatic carbocycles.